The van der Waals surface area contributed by atoms with E-state index >= 15 is 0 Å². The van der Waals surface area contributed by atoms with Crippen molar-refractivity contribution in [2.75, 3.05) is 36.0 Å². The van der Waals surface area contributed by atoms with Gasteiger partial charge in [-0.3, -0.25) is 14.3 Å². The van der Waals surface area contributed by atoms with E-state index in [0.29, 0.717) is 49.5 Å². The zero-order valence-corrected chi connectivity index (χ0v) is 30.0. The van der Waals surface area contributed by atoms with Crippen molar-refractivity contribution in [1.29, 1.82) is 0 Å². The van der Waals surface area contributed by atoms with Crippen LogP contribution in [0.3, 0.4) is 0 Å². The molecule has 3 atom stereocenters. The SMILES string of the molecule is CC(=O)NCCNc1nc(NCc2cn(CCNC(=O)CCC[C@@H]3SC[C@@H]4NC(=O)N[C@@H]43)nn2)nc(OCc2cccc(-c3ccccc3)c2C)n1. The number of amides is 4. The molecule has 274 valence electrons. The molecule has 6 rings (SSSR count). The largest absolute Gasteiger partial charge is 0.458 e. The molecule has 52 heavy (non-hydrogen) atoms. The van der Waals surface area contributed by atoms with Crippen LogP contribution in [0.25, 0.3) is 11.1 Å². The second-order valence-corrected chi connectivity index (χ2v) is 13.9. The smallest absolute Gasteiger partial charge is 0.323 e. The maximum absolute atomic E-state index is 12.4. The highest BCUT2D eigenvalue weighted by atomic mass is 32.2. The van der Waals surface area contributed by atoms with Gasteiger partial charge in [-0.05, 0) is 42.0 Å². The summed E-state index contributed by atoms with van der Waals surface area (Å²) < 4.78 is 7.75. The van der Waals surface area contributed by atoms with E-state index in [1.165, 1.54) is 6.92 Å². The number of thioether (sulfide) groups is 1. The molecule has 4 heterocycles. The van der Waals surface area contributed by atoms with Crippen LogP contribution in [-0.4, -0.2) is 90.5 Å². The number of nitrogens with zero attached hydrogens (tertiary/aromatic N) is 6. The number of fused-ring (bicyclic) bond motifs is 1. The van der Waals surface area contributed by atoms with Crippen LogP contribution in [0.5, 0.6) is 6.01 Å². The molecular formula is C35H44N12O4S. The summed E-state index contributed by atoms with van der Waals surface area (Å²) in [6.07, 6.45) is 3.87. The molecule has 0 bridgehead atoms. The molecule has 0 spiro atoms. The van der Waals surface area contributed by atoms with Crippen molar-refractivity contribution in [3.05, 3.63) is 71.5 Å². The molecule has 0 aliphatic carbocycles. The lowest BCUT2D eigenvalue weighted by atomic mass is 9.97. The Labute approximate surface area is 306 Å². The van der Waals surface area contributed by atoms with Crippen molar-refractivity contribution in [1.82, 2.24) is 51.2 Å². The van der Waals surface area contributed by atoms with E-state index in [1.54, 1.807) is 10.9 Å². The quantitative estimate of drug-likeness (QED) is 0.0647. The zero-order chi connectivity index (χ0) is 36.3. The first-order valence-electron chi connectivity index (χ1n) is 17.4. The second-order valence-electron chi connectivity index (χ2n) is 12.6. The van der Waals surface area contributed by atoms with Gasteiger partial charge in [0.25, 0.3) is 0 Å². The third-order valence-corrected chi connectivity index (χ3v) is 10.3. The minimum Gasteiger partial charge on any atom is -0.458 e. The Morgan fingerprint density at radius 3 is 2.63 bits per heavy atom. The van der Waals surface area contributed by atoms with Crippen LogP contribution in [0.1, 0.15) is 43.0 Å². The normalized spacial score (nSPS) is 17.5. The number of hydrogen-bond acceptors (Lipinski definition) is 12. The molecule has 0 unspecified atom stereocenters. The fourth-order valence-corrected chi connectivity index (χ4v) is 7.65. The first kappa shape index (κ1) is 36.3. The van der Waals surface area contributed by atoms with Gasteiger partial charge in [0.2, 0.25) is 23.7 Å². The highest BCUT2D eigenvalue weighted by Crippen LogP contribution is 2.33. The van der Waals surface area contributed by atoms with Crippen molar-refractivity contribution < 1.29 is 19.1 Å². The van der Waals surface area contributed by atoms with Crippen LogP contribution in [0.15, 0.2) is 54.7 Å². The van der Waals surface area contributed by atoms with Gasteiger partial charge in [0, 0.05) is 44.0 Å². The van der Waals surface area contributed by atoms with Crippen LogP contribution < -0.4 is 36.6 Å². The van der Waals surface area contributed by atoms with E-state index in [9.17, 15) is 14.4 Å². The lowest BCUT2D eigenvalue weighted by Gasteiger charge is -2.16. The van der Waals surface area contributed by atoms with Crippen molar-refractivity contribution in [2.45, 2.75) is 70.1 Å². The highest BCUT2D eigenvalue weighted by molar-refractivity contribution is 8.00. The second kappa shape index (κ2) is 17.7. The minimum absolute atomic E-state index is 0.0106. The lowest BCUT2D eigenvalue weighted by Crippen LogP contribution is -2.37. The van der Waals surface area contributed by atoms with Gasteiger partial charge >= 0.3 is 12.0 Å². The fraction of sp³-hybridized carbons (Fsp3) is 0.429. The molecule has 2 saturated heterocycles. The molecule has 2 aliphatic rings. The highest BCUT2D eigenvalue weighted by Gasteiger charge is 2.42. The Balaban J connectivity index is 0.987. The van der Waals surface area contributed by atoms with Crippen LogP contribution >= 0.6 is 11.8 Å². The molecule has 4 aromatic rings. The Morgan fingerprint density at radius 1 is 0.981 bits per heavy atom. The van der Waals surface area contributed by atoms with Gasteiger partial charge in [-0.1, -0.05) is 53.7 Å². The number of aromatic nitrogens is 6. The number of carbonyl (C=O) groups excluding carboxylic acids is 3. The third-order valence-electron chi connectivity index (χ3n) is 8.79. The van der Waals surface area contributed by atoms with Gasteiger partial charge in [0.15, 0.2) is 0 Å². The Hall–Kier alpha value is -5.45. The summed E-state index contributed by atoms with van der Waals surface area (Å²) in [5.74, 6) is 1.34. The van der Waals surface area contributed by atoms with E-state index in [-0.39, 0.29) is 55.0 Å². The molecule has 2 aliphatic heterocycles. The van der Waals surface area contributed by atoms with Gasteiger partial charge in [-0.2, -0.15) is 26.7 Å². The van der Waals surface area contributed by atoms with Gasteiger partial charge < -0.3 is 36.6 Å². The van der Waals surface area contributed by atoms with E-state index in [2.05, 4.69) is 82.3 Å². The van der Waals surface area contributed by atoms with Crippen LogP contribution in [0, 0.1) is 6.92 Å². The number of carbonyl (C=O) groups is 3. The van der Waals surface area contributed by atoms with E-state index in [4.69, 9.17) is 4.74 Å². The Morgan fingerprint density at radius 2 is 1.81 bits per heavy atom. The average Bonchev–Trinajstić information content (AvgIpc) is 3.85. The molecule has 2 aromatic heterocycles. The van der Waals surface area contributed by atoms with E-state index < -0.39 is 0 Å². The van der Waals surface area contributed by atoms with Crippen LogP contribution in [0.4, 0.5) is 16.7 Å². The summed E-state index contributed by atoms with van der Waals surface area (Å²) in [6.45, 7) is 5.77. The first-order chi connectivity index (χ1) is 25.3. The zero-order valence-electron chi connectivity index (χ0n) is 29.2. The molecule has 17 heteroatoms. The Bertz CT molecular complexity index is 1840. The van der Waals surface area contributed by atoms with Crippen molar-refractivity contribution >= 4 is 41.5 Å². The predicted octanol–water partition coefficient (Wildman–Crippen LogP) is 2.63. The van der Waals surface area contributed by atoms with Crippen molar-refractivity contribution in [3.63, 3.8) is 0 Å². The summed E-state index contributed by atoms with van der Waals surface area (Å²) in [5, 5.41) is 26.7. The topological polar surface area (TPSA) is 202 Å². The summed E-state index contributed by atoms with van der Waals surface area (Å²) in [4.78, 5) is 48.7. The molecule has 0 radical (unpaired) electrons. The number of nitrogens with one attached hydrogen (secondary N) is 6. The van der Waals surface area contributed by atoms with Crippen molar-refractivity contribution in [3.8, 4) is 17.1 Å². The molecule has 2 fully saturated rings. The maximum atomic E-state index is 12.4. The van der Waals surface area contributed by atoms with E-state index in [0.717, 1.165) is 40.8 Å². The number of benzene rings is 2. The first-order valence-corrected chi connectivity index (χ1v) is 18.4. The van der Waals surface area contributed by atoms with Crippen molar-refractivity contribution in [2.24, 2.45) is 0 Å². The number of anilines is 2. The van der Waals surface area contributed by atoms with E-state index in [1.807, 2.05) is 42.1 Å². The monoisotopic (exact) mass is 728 g/mol. The average molecular weight is 729 g/mol. The number of ether oxygens (including phenoxy) is 1. The number of hydrogen-bond donors (Lipinski definition) is 6. The standard InChI is InChI=1S/C35H44N12O4S/c1-22-25(10-6-11-27(22)24-8-4-3-5-9-24)20-51-35-43-32(38-15-14-36-23(2)48)42-33(44-35)39-18-26-19-47(46-45-26)17-16-37-30(49)13-7-12-29-31-28(21-52-29)40-34(50)41-31/h3-6,8-11,19,28-29,31H,7,12-18,20-21H2,1-2H3,(H,36,48)(H,37,49)(H2,40,41,50)(H2,38,39,42,43,44)/t28-,29-,31-/m0/s1. The van der Waals surface area contributed by atoms with Gasteiger partial charge in [-0.25, -0.2) is 4.79 Å². The molecule has 6 N–H and O–H groups in total. The number of rotatable bonds is 18. The number of urea groups is 1. The summed E-state index contributed by atoms with van der Waals surface area (Å²) >= 11 is 1.85. The summed E-state index contributed by atoms with van der Waals surface area (Å²) in [5.41, 5.74) is 5.02. The molecule has 16 nitrogen and oxygen atoms in total. The molecule has 0 saturated carbocycles. The van der Waals surface area contributed by atoms with Crippen LogP contribution in [-0.2, 0) is 29.3 Å². The van der Waals surface area contributed by atoms with Gasteiger partial charge in [0.05, 0.1) is 31.4 Å². The lowest BCUT2D eigenvalue weighted by molar-refractivity contribution is -0.121. The Kier molecular flexibility index (Phi) is 12.3. The van der Waals surface area contributed by atoms with Crippen LogP contribution in [0.2, 0.25) is 0 Å². The molecule has 2 aromatic carbocycles. The fourth-order valence-electron chi connectivity index (χ4n) is 6.11. The maximum Gasteiger partial charge on any atom is 0.323 e. The molecular weight excluding hydrogens is 685 g/mol. The minimum atomic E-state index is -0.126. The van der Waals surface area contributed by atoms with Gasteiger partial charge in [0.1, 0.15) is 12.3 Å². The predicted molar refractivity (Wildman–Crippen MR) is 198 cm³/mol. The summed E-state index contributed by atoms with van der Waals surface area (Å²) in [7, 11) is 0. The molecule has 4 amide bonds. The summed E-state index contributed by atoms with van der Waals surface area (Å²) in [6, 6.07) is 16.7. The van der Waals surface area contributed by atoms with Gasteiger partial charge in [-0.15, -0.1) is 5.10 Å². The third kappa shape index (κ3) is 10.1.